The highest BCUT2D eigenvalue weighted by atomic mass is 32.1. The van der Waals surface area contributed by atoms with Crippen LogP contribution in [0.4, 0.5) is 0 Å². The van der Waals surface area contributed by atoms with Crippen LogP contribution in [0.5, 0.6) is 0 Å². The van der Waals surface area contributed by atoms with Crippen LogP contribution < -0.4 is 0 Å². The summed E-state index contributed by atoms with van der Waals surface area (Å²) in [4.78, 5) is 14.5. The zero-order chi connectivity index (χ0) is 11.9. The molecule has 1 aromatic rings. The summed E-state index contributed by atoms with van der Waals surface area (Å²) in [6, 6.07) is 0.260. The van der Waals surface area contributed by atoms with Crippen molar-refractivity contribution in [3.63, 3.8) is 0 Å². The van der Waals surface area contributed by atoms with E-state index in [9.17, 15) is 4.79 Å². The smallest absolute Gasteiger partial charge is 0.306 e. The van der Waals surface area contributed by atoms with Crippen molar-refractivity contribution in [1.29, 1.82) is 0 Å². The molecule has 0 amide bonds. The van der Waals surface area contributed by atoms with Gasteiger partial charge in [0.2, 0.25) is 0 Å². The number of carboxylic acid groups (broad SMARTS) is 1. The molecule has 0 aromatic carbocycles. The number of hydrogen-bond donors (Lipinski definition) is 1. The molecule has 4 heteroatoms. The van der Waals surface area contributed by atoms with Gasteiger partial charge in [0.05, 0.1) is 5.92 Å². The standard InChI is InChI=1S/C12H17NO2S/c1-7-6-16-10-5-8(12(14)15)4-9(11(7)10)13(2)3/h6,8-9H,4-5H2,1-3H3,(H,14,15). The van der Waals surface area contributed by atoms with E-state index in [0.717, 1.165) is 6.42 Å². The van der Waals surface area contributed by atoms with Gasteiger partial charge in [0.25, 0.3) is 0 Å². The second-order valence-electron chi connectivity index (χ2n) is 4.71. The molecule has 2 unspecified atom stereocenters. The van der Waals surface area contributed by atoms with Crippen LogP contribution in [0.25, 0.3) is 0 Å². The van der Waals surface area contributed by atoms with Crippen molar-refractivity contribution in [1.82, 2.24) is 4.90 Å². The Bertz CT molecular complexity index is 411. The van der Waals surface area contributed by atoms with E-state index in [2.05, 4.69) is 17.2 Å². The molecular weight excluding hydrogens is 222 g/mol. The van der Waals surface area contributed by atoms with Gasteiger partial charge in [-0.15, -0.1) is 11.3 Å². The Kier molecular flexibility index (Phi) is 3.04. The van der Waals surface area contributed by atoms with Gasteiger partial charge in [-0.25, -0.2) is 0 Å². The number of carboxylic acids is 1. The number of fused-ring (bicyclic) bond motifs is 1. The van der Waals surface area contributed by atoms with E-state index in [1.807, 2.05) is 14.1 Å². The number of rotatable bonds is 2. The van der Waals surface area contributed by atoms with Gasteiger partial charge in [-0.1, -0.05) is 0 Å². The maximum atomic E-state index is 11.1. The molecule has 0 radical (unpaired) electrons. The monoisotopic (exact) mass is 239 g/mol. The van der Waals surface area contributed by atoms with Crippen molar-refractivity contribution in [2.75, 3.05) is 14.1 Å². The minimum atomic E-state index is -0.663. The Hall–Kier alpha value is -0.870. The highest BCUT2D eigenvalue weighted by Crippen LogP contribution is 2.41. The summed E-state index contributed by atoms with van der Waals surface area (Å²) in [5, 5.41) is 11.3. The Balaban J connectivity index is 2.39. The average molecular weight is 239 g/mol. The second kappa shape index (κ2) is 4.18. The van der Waals surface area contributed by atoms with E-state index in [4.69, 9.17) is 5.11 Å². The summed E-state index contributed by atoms with van der Waals surface area (Å²) < 4.78 is 0. The molecule has 0 spiro atoms. The SMILES string of the molecule is Cc1csc2c1C(N(C)C)CC(C(=O)O)C2. The van der Waals surface area contributed by atoms with Gasteiger partial charge >= 0.3 is 5.97 Å². The third kappa shape index (κ3) is 1.87. The lowest BCUT2D eigenvalue weighted by atomic mass is 9.83. The van der Waals surface area contributed by atoms with Crippen molar-refractivity contribution < 1.29 is 9.90 Å². The number of thiophene rings is 1. The van der Waals surface area contributed by atoms with Crippen LogP contribution in [0, 0.1) is 12.8 Å². The zero-order valence-electron chi connectivity index (χ0n) is 9.86. The van der Waals surface area contributed by atoms with Crippen LogP contribution >= 0.6 is 11.3 Å². The van der Waals surface area contributed by atoms with E-state index in [0.29, 0.717) is 6.42 Å². The van der Waals surface area contributed by atoms with Gasteiger partial charge in [-0.05, 0) is 50.4 Å². The molecular formula is C12H17NO2S. The van der Waals surface area contributed by atoms with E-state index in [1.54, 1.807) is 11.3 Å². The molecule has 0 fully saturated rings. The normalized spacial score (nSPS) is 24.5. The highest BCUT2D eigenvalue weighted by molar-refractivity contribution is 7.10. The molecule has 1 heterocycles. The number of hydrogen-bond acceptors (Lipinski definition) is 3. The quantitative estimate of drug-likeness (QED) is 0.861. The molecule has 2 atom stereocenters. The van der Waals surface area contributed by atoms with Gasteiger partial charge in [0.15, 0.2) is 0 Å². The first kappa shape index (κ1) is 11.6. The number of nitrogens with zero attached hydrogens (tertiary/aromatic N) is 1. The third-order valence-corrected chi connectivity index (χ3v) is 4.49. The van der Waals surface area contributed by atoms with Crippen molar-refractivity contribution in [3.8, 4) is 0 Å². The molecule has 16 heavy (non-hydrogen) atoms. The lowest BCUT2D eigenvalue weighted by Crippen LogP contribution is -2.31. The first-order valence-electron chi connectivity index (χ1n) is 5.46. The summed E-state index contributed by atoms with van der Waals surface area (Å²) >= 11 is 1.70. The minimum absolute atomic E-state index is 0.224. The molecule has 1 aliphatic rings. The fourth-order valence-electron chi connectivity index (χ4n) is 2.46. The molecule has 0 saturated carbocycles. The molecule has 1 aliphatic carbocycles. The summed E-state index contributed by atoms with van der Waals surface area (Å²) in [7, 11) is 4.05. The van der Waals surface area contributed by atoms with Crippen LogP contribution in [0.3, 0.4) is 0 Å². The fourth-order valence-corrected chi connectivity index (χ4v) is 3.63. The minimum Gasteiger partial charge on any atom is -0.481 e. The van der Waals surface area contributed by atoms with Crippen molar-refractivity contribution >= 4 is 17.3 Å². The zero-order valence-corrected chi connectivity index (χ0v) is 10.7. The summed E-state index contributed by atoms with van der Waals surface area (Å²) in [6.07, 6.45) is 1.43. The van der Waals surface area contributed by atoms with E-state index >= 15 is 0 Å². The number of aliphatic carboxylic acids is 1. The van der Waals surface area contributed by atoms with E-state index < -0.39 is 5.97 Å². The predicted molar refractivity (Wildman–Crippen MR) is 64.9 cm³/mol. The van der Waals surface area contributed by atoms with E-state index in [-0.39, 0.29) is 12.0 Å². The van der Waals surface area contributed by atoms with Crippen molar-refractivity contribution in [3.05, 3.63) is 21.4 Å². The van der Waals surface area contributed by atoms with Gasteiger partial charge in [-0.2, -0.15) is 0 Å². The van der Waals surface area contributed by atoms with Gasteiger partial charge in [0, 0.05) is 10.9 Å². The molecule has 2 rings (SSSR count). The molecule has 1 aromatic heterocycles. The first-order valence-corrected chi connectivity index (χ1v) is 6.34. The predicted octanol–water partition coefficient (Wildman–Crippen LogP) is 2.31. The lowest BCUT2D eigenvalue weighted by molar-refractivity contribution is -0.142. The lowest BCUT2D eigenvalue weighted by Gasteiger charge is -2.32. The molecule has 0 saturated heterocycles. The molecule has 88 valence electrons. The number of carbonyl (C=O) groups is 1. The van der Waals surface area contributed by atoms with Crippen LogP contribution in [-0.4, -0.2) is 30.1 Å². The Morgan fingerprint density at radius 1 is 1.56 bits per heavy atom. The molecule has 3 nitrogen and oxygen atoms in total. The summed E-state index contributed by atoms with van der Waals surface area (Å²) in [5.74, 6) is -0.887. The molecule has 0 bridgehead atoms. The topological polar surface area (TPSA) is 40.5 Å². The highest BCUT2D eigenvalue weighted by Gasteiger charge is 2.34. The van der Waals surface area contributed by atoms with Crippen LogP contribution in [0.1, 0.15) is 28.5 Å². The van der Waals surface area contributed by atoms with E-state index in [1.165, 1.54) is 16.0 Å². The third-order valence-electron chi connectivity index (χ3n) is 3.35. The Morgan fingerprint density at radius 3 is 2.81 bits per heavy atom. The maximum absolute atomic E-state index is 11.1. The van der Waals surface area contributed by atoms with Gasteiger partial charge < -0.3 is 10.0 Å². The second-order valence-corrected chi connectivity index (χ2v) is 5.67. The first-order chi connectivity index (χ1) is 7.50. The Labute approximate surface area is 99.7 Å². The molecule has 1 N–H and O–H groups in total. The largest absolute Gasteiger partial charge is 0.481 e. The van der Waals surface area contributed by atoms with Crippen LogP contribution in [0.15, 0.2) is 5.38 Å². The van der Waals surface area contributed by atoms with Gasteiger partial charge in [0.1, 0.15) is 0 Å². The average Bonchev–Trinajstić information content (AvgIpc) is 2.59. The number of aryl methyl sites for hydroxylation is 1. The van der Waals surface area contributed by atoms with Crippen LogP contribution in [0.2, 0.25) is 0 Å². The van der Waals surface area contributed by atoms with Crippen molar-refractivity contribution in [2.45, 2.75) is 25.8 Å². The van der Waals surface area contributed by atoms with Crippen molar-refractivity contribution in [2.24, 2.45) is 5.92 Å². The fraction of sp³-hybridized carbons (Fsp3) is 0.583. The molecule has 0 aliphatic heterocycles. The summed E-state index contributed by atoms with van der Waals surface area (Å²) in [6.45, 7) is 2.12. The summed E-state index contributed by atoms with van der Waals surface area (Å²) in [5.41, 5.74) is 2.68. The Morgan fingerprint density at radius 2 is 2.25 bits per heavy atom. The van der Waals surface area contributed by atoms with Crippen LogP contribution in [-0.2, 0) is 11.2 Å². The maximum Gasteiger partial charge on any atom is 0.306 e. The van der Waals surface area contributed by atoms with Gasteiger partial charge in [-0.3, -0.25) is 4.79 Å².